The van der Waals surface area contributed by atoms with Gasteiger partial charge in [0.1, 0.15) is 41.5 Å². The summed E-state index contributed by atoms with van der Waals surface area (Å²) in [5.41, 5.74) is 2.48. The van der Waals surface area contributed by atoms with Crippen molar-refractivity contribution in [2.75, 3.05) is 39.8 Å². The summed E-state index contributed by atoms with van der Waals surface area (Å²) in [6.45, 7) is 4.68. The number of benzene rings is 2. The molecule has 0 N–H and O–H groups in total. The van der Waals surface area contributed by atoms with E-state index in [9.17, 15) is 13.2 Å². The first-order valence-corrected chi connectivity index (χ1v) is 16.2. The van der Waals surface area contributed by atoms with Crippen LogP contribution in [0.3, 0.4) is 0 Å². The Morgan fingerprint density at radius 1 is 1.09 bits per heavy atom. The van der Waals surface area contributed by atoms with E-state index < -0.39 is 16.1 Å². The zero-order chi connectivity index (χ0) is 30.3. The van der Waals surface area contributed by atoms with Gasteiger partial charge >= 0.3 is 0 Å². The van der Waals surface area contributed by atoms with Crippen molar-refractivity contribution < 1.29 is 17.9 Å². The minimum Gasteiger partial charge on any atom is -0.487 e. The summed E-state index contributed by atoms with van der Waals surface area (Å²) < 4.78 is 37.0. The van der Waals surface area contributed by atoms with Crippen molar-refractivity contribution in [1.82, 2.24) is 33.9 Å². The van der Waals surface area contributed by atoms with Gasteiger partial charge in [0.15, 0.2) is 0 Å². The molecule has 11 nitrogen and oxygen atoms in total. The Balaban J connectivity index is 1.28. The number of pyridine rings is 1. The molecule has 2 aromatic carbocycles. The Morgan fingerprint density at radius 3 is 2.63 bits per heavy atom. The molecule has 0 bridgehead atoms. The Kier molecular flexibility index (Phi) is 8.31. The first-order chi connectivity index (χ1) is 20.6. The van der Waals surface area contributed by atoms with E-state index in [1.807, 2.05) is 32.2 Å². The highest BCUT2D eigenvalue weighted by Gasteiger charge is 2.42. The van der Waals surface area contributed by atoms with E-state index in [-0.39, 0.29) is 34.0 Å². The second-order valence-corrected chi connectivity index (χ2v) is 13.4. The molecule has 1 amide bonds. The molecule has 226 valence electrons. The second-order valence-electron chi connectivity index (χ2n) is 10.8. The first kappa shape index (κ1) is 29.8. The van der Waals surface area contributed by atoms with Gasteiger partial charge in [-0.3, -0.25) is 4.79 Å². The molecule has 2 aliphatic heterocycles. The Labute approximate surface area is 260 Å². The summed E-state index contributed by atoms with van der Waals surface area (Å²) in [5, 5.41) is 5.29. The fourth-order valence-corrected chi connectivity index (χ4v) is 8.18. The third-order valence-corrected chi connectivity index (χ3v) is 10.8. The van der Waals surface area contributed by atoms with E-state index in [0.717, 1.165) is 29.9 Å². The van der Waals surface area contributed by atoms with Crippen molar-refractivity contribution in [3.63, 3.8) is 0 Å². The number of piperazine rings is 1. The maximum absolute atomic E-state index is 14.0. The summed E-state index contributed by atoms with van der Waals surface area (Å²) in [4.78, 5) is 25.9. The van der Waals surface area contributed by atoms with Crippen molar-refractivity contribution in [2.24, 2.45) is 0 Å². The van der Waals surface area contributed by atoms with Gasteiger partial charge in [0.25, 0.3) is 0 Å². The van der Waals surface area contributed by atoms with E-state index >= 15 is 0 Å². The molecule has 43 heavy (non-hydrogen) atoms. The van der Waals surface area contributed by atoms with E-state index in [1.54, 1.807) is 22.0 Å². The maximum Gasteiger partial charge on any atom is 0.245 e. The number of hydrogen-bond donors (Lipinski definition) is 0. The summed E-state index contributed by atoms with van der Waals surface area (Å²) in [6.07, 6.45) is 4.13. The summed E-state index contributed by atoms with van der Waals surface area (Å²) in [6, 6.07) is 9.57. The van der Waals surface area contributed by atoms with Crippen LogP contribution in [-0.4, -0.2) is 94.0 Å². The van der Waals surface area contributed by atoms with Crippen LogP contribution in [0.25, 0.3) is 16.6 Å². The highest BCUT2D eigenvalue weighted by Crippen LogP contribution is 2.37. The number of likely N-dealkylation sites (N-methyl/N-ethyl adjacent to an activating group) is 1. The predicted molar refractivity (Wildman–Crippen MR) is 163 cm³/mol. The number of ether oxygens (including phenoxy) is 1. The first-order valence-electron chi connectivity index (χ1n) is 14.0. The third-order valence-electron chi connectivity index (χ3n) is 7.99. The summed E-state index contributed by atoms with van der Waals surface area (Å²) >= 11 is 13.3. The number of carbonyl (C=O) groups excluding carboxylic acids is 1. The topological polar surface area (TPSA) is 114 Å². The largest absolute Gasteiger partial charge is 0.487 e. The molecule has 0 unspecified atom stereocenters. The van der Waals surface area contributed by atoms with Gasteiger partial charge in [-0.05, 0) is 51.1 Å². The molecule has 4 aromatic rings. The fourth-order valence-electron chi connectivity index (χ4n) is 5.66. The number of para-hydroxylation sites is 1. The Morgan fingerprint density at radius 2 is 1.88 bits per heavy atom. The van der Waals surface area contributed by atoms with Gasteiger partial charge < -0.3 is 14.5 Å². The highest BCUT2D eigenvalue weighted by molar-refractivity contribution is 7.89. The molecule has 6 rings (SSSR count). The zero-order valence-electron chi connectivity index (χ0n) is 23.8. The number of carbonyl (C=O) groups is 1. The molecule has 0 aliphatic carbocycles. The number of sulfonamides is 1. The van der Waals surface area contributed by atoms with Crippen LogP contribution >= 0.6 is 23.2 Å². The van der Waals surface area contributed by atoms with E-state index in [4.69, 9.17) is 27.9 Å². The number of rotatable bonds is 7. The van der Waals surface area contributed by atoms with E-state index in [0.29, 0.717) is 42.8 Å². The number of nitrogens with zero attached hydrogens (tertiary/aromatic N) is 7. The highest BCUT2D eigenvalue weighted by atomic mass is 35.5. The average Bonchev–Trinajstić information content (AvgIpc) is 3.70. The fraction of sp³-hybridized carbons (Fsp3) is 0.379. The lowest BCUT2D eigenvalue weighted by atomic mass is 10.1. The molecule has 4 heterocycles. The molecule has 0 saturated carbocycles. The van der Waals surface area contributed by atoms with Crippen molar-refractivity contribution in [3.05, 3.63) is 70.4 Å². The number of aromatic nitrogens is 4. The molecule has 2 aromatic heterocycles. The lowest BCUT2D eigenvalue weighted by Crippen LogP contribution is -2.53. The van der Waals surface area contributed by atoms with Gasteiger partial charge in [-0.2, -0.15) is 9.40 Å². The number of aryl methyl sites for hydroxylation is 1. The molecule has 0 spiro atoms. The van der Waals surface area contributed by atoms with Crippen LogP contribution in [0.1, 0.15) is 24.1 Å². The summed E-state index contributed by atoms with van der Waals surface area (Å²) in [5.74, 6) is 0.312. The Bertz CT molecular complexity index is 1780. The number of hydrogen-bond acceptors (Lipinski definition) is 8. The summed E-state index contributed by atoms with van der Waals surface area (Å²) in [7, 11) is -2.10. The molecule has 0 radical (unpaired) electrons. The molecule has 2 aliphatic rings. The SMILES string of the molecule is Cc1cc(-n2cncn2)c2cccc(OCc3c(Cl)ccc(S(=O)(=O)N4CCC[C@H]4C(=O)N4CCN(C)CC4)c3Cl)c2n1. The number of amides is 1. The van der Waals surface area contributed by atoms with Crippen molar-refractivity contribution in [1.29, 1.82) is 0 Å². The lowest BCUT2D eigenvalue weighted by Gasteiger charge is -2.35. The van der Waals surface area contributed by atoms with Gasteiger partial charge in [0, 0.05) is 54.4 Å². The molecule has 2 fully saturated rings. The zero-order valence-corrected chi connectivity index (χ0v) is 26.1. The molecular weight excluding hydrogens is 613 g/mol. The third kappa shape index (κ3) is 5.69. The Hall–Kier alpha value is -3.29. The van der Waals surface area contributed by atoms with Crippen LogP contribution < -0.4 is 4.74 Å². The van der Waals surface area contributed by atoms with Crippen LogP contribution in [-0.2, 0) is 21.4 Å². The smallest absolute Gasteiger partial charge is 0.245 e. The standard InChI is InChI=1S/C29H31Cl2N7O4S/c1-19-15-24(37-18-32-17-33-37)20-5-3-7-25(28(20)34-19)42-16-21-22(30)8-9-26(27(21)31)43(40,41)38-10-4-6-23(38)29(39)36-13-11-35(2)12-14-36/h3,5,7-9,15,17-18,23H,4,6,10-14,16H2,1-2H3/t23-/m0/s1. The minimum atomic E-state index is -4.10. The van der Waals surface area contributed by atoms with Gasteiger partial charge in [-0.15, -0.1) is 0 Å². The van der Waals surface area contributed by atoms with Gasteiger partial charge in [0.05, 0.1) is 10.7 Å². The molecule has 14 heteroatoms. The number of halogens is 2. The predicted octanol–water partition coefficient (Wildman–Crippen LogP) is 3.94. The van der Waals surface area contributed by atoms with E-state index in [1.165, 1.54) is 22.8 Å². The van der Waals surface area contributed by atoms with Crippen LogP contribution in [0.5, 0.6) is 5.75 Å². The molecular formula is C29H31Cl2N7O4S. The molecule has 1 atom stereocenters. The quantitative estimate of drug-likeness (QED) is 0.298. The second kappa shape index (κ2) is 12.0. The normalized spacial score (nSPS) is 18.4. The van der Waals surface area contributed by atoms with Gasteiger partial charge in [-0.1, -0.05) is 35.3 Å². The van der Waals surface area contributed by atoms with Crippen LogP contribution in [0, 0.1) is 6.92 Å². The minimum absolute atomic E-state index is 0.0297. The van der Waals surface area contributed by atoms with Crippen LogP contribution in [0.15, 0.2) is 53.9 Å². The van der Waals surface area contributed by atoms with Crippen LogP contribution in [0.4, 0.5) is 0 Å². The van der Waals surface area contributed by atoms with Crippen molar-refractivity contribution >= 4 is 50.0 Å². The van der Waals surface area contributed by atoms with Crippen LogP contribution in [0.2, 0.25) is 10.0 Å². The number of fused-ring (bicyclic) bond motifs is 1. The van der Waals surface area contributed by atoms with Gasteiger partial charge in [-0.25, -0.2) is 23.1 Å². The van der Waals surface area contributed by atoms with Crippen molar-refractivity contribution in [3.8, 4) is 11.4 Å². The van der Waals surface area contributed by atoms with E-state index in [2.05, 4.69) is 20.0 Å². The maximum atomic E-state index is 14.0. The lowest BCUT2D eigenvalue weighted by molar-refractivity contribution is -0.136. The monoisotopic (exact) mass is 643 g/mol. The average molecular weight is 645 g/mol. The van der Waals surface area contributed by atoms with Gasteiger partial charge in [0.2, 0.25) is 15.9 Å². The molecule has 2 saturated heterocycles. The van der Waals surface area contributed by atoms with Crippen molar-refractivity contribution in [2.45, 2.75) is 37.3 Å².